The van der Waals surface area contributed by atoms with Gasteiger partial charge in [0.15, 0.2) is 0 Å². The lowest BCUT2D eigenvalue weighted by atomic mass is 9.85. The van der Waals surface area contributed by atoms with E-state index in [9.17, 15) is 39.8 Å². The zero-order chi connectivity index (χ0) is 49.8. The molecule has 1 rings (SSSR count). The van der Waals surface area contributed by atoms with Gasteiger partial charge in [-0.25, -0.2) is 4.57 Å². The second kappa shape index (κ2) is 44.0. The molecule has 0 aromatic rings. The summed E-state index contributed by atoms with van der Waals surface area (Å²) in [4.78, 5) is 23.3. The number of phosphoric acid groups is 1. The monoisotopic (exact) mass is 975 g/mol. The van der Waals surface area contributed by atoms with Crippen molar-refractivity contribution in [1.82, 2.24) is 0 Å². The van der Waals surface area contributed by atoms with Crippen molar-refractivity contribution < 1.29 is 58.3 Å². The van der Waals surface area contributed by atoms with Gasteiger partial charge in [-0.15, -0.1) is 0 Å². The average Bonchev–Trinajstić information content (AvgIpc) is 3.32. The van der Waals surface area contributed by atoms with Gasteiger partial charge in [0.25, 0.3) is 0 Å². The second-order valence-corrected chi connectivity index (χ2v) is 18.7. The van der Waals surface area contributed by atoms with Crippen LogP contribution in [0.15, 0.2) is 109 Å². The van der Waals surface area contributed by atoms with Crippen LogP contribution in [-0.2, 0) is 27.9 Å². The van der Waals surface area contributed by atoms with E-state index in [1.165, 1.54) is 0 Å². The number of carbonyl (C=O) groups is 1. The molecule has 388 valence electrons. The Labute approximate surface area is 410 Å². The van der Waals surface area contributed by atoms with E-state index in [-0.39, 0.29) is 13.0 Å². The van der Waals surface area contributed by atoms with Crippen molar-refractivity contribution in [3.05, 3.63) is 109 Å². The molecule has 0 spiro atoms. The van der Waals surface area contributed by atoms with Crippen LogP contribution in [0.25, 0.3) is 0 Å². The minimum absolute atomic E-state index is 0.101. The van der Waals surface area contributed by atoms with Gasteiger partial charge in [0.1, 0.15) is 42.7 Å². The minimum Gasteiger partial charge on any atom is -0.457 e. The number of rotatable bonds is 42. The molecule has 1 aliphatic rings. The Morgan fingerprint density at radius 2 is 0.824 bits per heavy atom. The van der Waals surface area contributed by atoms with Gasteiger partial charge in [0, 0.05) is 13.0 Å². The number of hydrogen-bond donors (Lipinski definition) is 6. The highest BCUT2D eigenvalue weighted by molar-refractivity contribution is 7.47. The Balaban J connectivity index is 2.38. The third-order valence-corrected chi connectivity index (χ3v) is 12.1. The largest absolute Gasteiger partial charge is 0.472 e. The second-order valence-electron chi connectivity index (χ2n) is 17.3. The SMILES string of the molecule is CC/C=C\C/C=C\C/C=C\C/C=C\C/C=C\CCCCCCCCOCC(COP(=O)(O)OC1C(O)C(O)C(O)C(O)C1O)OC(=O)CCCCCCCC/C=C\C/C=C\C/C=C\C/C=C\CC. The molecule has 13 heteroatoms. The molecule has 1 saturated carbocycles. The summed E-state index contributed by atoms with van der Waals surface area (Å²) in [5, 5.41) is 50.3. The zero-order valence-corrected chi connectivity index (χ0v) is 42.5. The third-order valence-electron chi connectivity index (χ3n) is 11.1. The standard InChI is InChI=1S/C55H91O12P/c1-3-5-7-9-11-13-15-17-19-21-23-24-25-27-29-31-33-35-37-39-41-43-45-64-46-48(47-65-68(62,63)67-55-53(60)51(58)50(57)52(59)54(55)61)66-49(56)44-42-40-38-36-34-32-30-28-26-22-20-18-16-14-12-10-8-6-4-2/h5-8,11-14,17-20,23-24,26-29,48,50-55,57-61H,3-4,9-10,15-16,21-22,25,30-47H2,1-2H3,(H,62,63)/b7-5-,8-6-,13-11-,14-12-,19-17-,20-18-,24-23-,28-26-,29-27-. The maximum absolute atomic E-state index is 12.9. The van der Waals surface area contributed by atoms with E-state index >= 15 is 0 Å². The maximum Gasteiger partial charge on any atom is 0.472 e. The Kier molecular flexibility index (Phi) is 40.8. The molecule has 0 bridgehead atoms. The maximum atomic E-state index is 12.9. The molecule has 0 aromatic carbocycles. The Morgan fingerprint density at radius 3 is 1.25 bits per heavy atom. The van der Waals surface area contributed by atoms with Crippen LogP contribution >= 0.6 is 7.82 Å². The summed E-state index contributed by atoms with van der Waals surface area (Å²) in [7, 11) is -5.04. The Hall–Kier alpha value is -3.00. The van der Waals surface area contributed by atoms with Crippen LogP contribution in [-0.4, -0.2) is 98.9 Å². The molecule has 68 heavy (non-hydrogen) atoms. The first-order valence-corrected chi connectivity index (χ1v) is 27.2. The third kappa shape index (κ3) is 35.2. The van der Waals surface area contributed by atoms with Crippen LogP contribution in [0.3, 0.4) is 0 Å². The van der Waals surface area contributed by atoms with Crippen molar-refractivity contribution in [2.75, 3.05) is 19.8 Å². The highest BCUT2D eigenvalue weighted by atomic mass is 31.2. The molecule has 0 aromatic heterocycles. The van der Waals surface area contributed by atoms with Crippen LogP contribution in [0.2, 0.25) is 0 Å². The van der Waals surface area contributed by atoms with E-state index in [4.69, 9.17) is 18.5 Å². The molecular weight excluding hydrogens is 884 g/mol. The predicted octanol–water partition coefficient (Wildman–Crippen LogP) is 11.6. The van der Waals surface area contributed by atoms with Gasteiger partial charge >= 0.3 is 13.8 Å². The summed E-state index contributed by atoms with van der Waals surface area (Å²) in [5.74, 6) is -0.502. The van der Waals surface area contributed by atoms with Gasteiger partial charge < -0.3 is 39.9 Å². The summed E-state index contributed by atoms with van der Waals surface area (Å²) < 4.78 is 34.3. The van der Waals surface area contributed by atoms with Crippen LogP contribution in [0.1, 0.15) is 168 Å². The van der Waals surface area contributed by atoms with Crippen LogP contribution in [0.5, 0.6) is 0 Å². The number of aliphatic hydroxyl groups excluding tert-OH is 5. The summed E-state index contributed by atoms with van der Waals surface area (Å²) >= 11 is 0. The first kappa shape index (κ1) is 63.0. The van der Waals surface area contributed by atoms with E-state index in [1.54, 1.807) is 0 Å². The summed E-state index contributed by atoms with van der Waals surface area (Å²) in [5.41, 5.74) is 0. The van der Waals surface area contributed by atoms with E-state index in [0.717, 1.165) is 141 Å². The number of carbonyl (C=O) groups excluding carboxylic acids is 1. The predicted molar refractivity (Wildman–Crippen MR) is 276 cm³/mol. The molecule has 1 fully saturated rings. The van der Waals surface area contributed by atoms with Gasteiger partial charge in [-0.3, -0.25) is 13.8 Å². The van der Waals surface area contributed by atoms with Gasteiger partial charge in [-0.2, -0.15) is 0 Å². The normalized spacial score (nSPS) is 22.1. The molecular formula is C55H91O12P. The summed E-state index contributed by atoms with van der Waals surface area (Å²) in [6.07, 6.45) is 50.0. The number of aliphatic hydroxyl groups is 5. The van der Waals surface area contributed by atoms with E-state index in [0.29, 0.717) is 13.0 Å². The molecule has 0 radical (unpaired) electrons. The van der Waals surface area contributed by atoms with Crippen molar-refractivity contribution in [3.8, 4) is 0 Å². The molecule has 1 aliphatic carbocycles. The molecule has 0 aliphatic heterocycles. The number of unbranched alkanes of at least 4 members (excludes halogenated alkanes) is 12. The van der Waals surface area contributed by atoms with Crippen LogP contribution < -0.4 is 0 Å². The lowest BCUT2D eigenvalue weighted by molar-refractivity contribution is -0.220. The fraction of sp³-hybridized carbons (Fsp3) is 0.655. The van der Waals surface area contributed by atoms with Crippen molar-refractivity contribution in [3.63, 3.8) is 0 Å². The molecule has 6 atom stereocenters. The van der Waals surface area contributed by atoms with Crippen molar-refractivity contribution >= 4 is 13.8 Å². The Bertz CT molecular complexity index is 1530. The van der Waals surface area contributed by atoms with Gasteiger partial charge in [-0.1, -0.05) is 175 Å². The van der Waals surface area contributed by atoms with Gasteiger partial charge in [0.05, 0.1) is 13.2 Å². The lowest BCUT2D eigenvalue weighted by Gasteiger charge is -2.41. The first-order chi connectivity index (χ1) is 33.0. The fourth-order valence-corrected chi connectivity index (χ4v) is 8.11. The van der Waals surface area contributed by atoms with Gasteiger partial charge in [0.2, 0.25) is 0 Å². The molecule has 12 nitrogen and oxygen atoms in total. The Morgan fingerprint density at radius 1 is 0.471 bits per heavy atom. The summed E-state index contributed by atoms with van der Waals surface area (Å²) in [6.45, 7) is 3.97. The number of esters is 1. The number of hydrogen-bond acceptors (Lipinski definition) is 11. The van der Waals surface area contributed by atoms with E-state index < -0.39 is 63.1 Å². The molecule has 0 heterocycles. The topological polar surface area (TPSA) is 192 Å². The molecule has 6 N–H and O–H groups in total. The smallest absolute Gasteiger partial charge is 0.457 e. The van der Waals surface area contributed by atoms with Crippen LogP contribution in [0.4, 0.5) is 0 Å². The average molecular weight is 975 g/mol. The van der Waals surface area contributed by atoms with Gasteiger partial charge in [-0.05, 0) is 96.3 Å². The highest BCUT2D eigenvalue weighted by Crippen LogP contribution is 2.47. The molecule has 0 saturated heterocycles. The number of allylic oxidation sites excluding steroid dienone is 18. The first-order valence-electron chi connectivity index (χ1n) is 25.7. The highest BCUT2D eigenvalue weighted by Gasteiger charge is 2.51. The van der Waals surface area contributed by atoms with Crippen molar-refractivity contribution in [1.29, 1.82) is 0 Å². The number of ether oxygens (including phenoxy) is 2. The van der Waals surface area contributed by atoms with E-state index in [2.05, 4.69) is 123 Å². The lowest BCUT2D eigenvalue weighted by Crippen LogP contribution is -2.64. The minimum atomic E-state index is -5.04. The van der Waals surface area contributed by atoms with E-state index in [1.807, 2.05) is 0 Å². The fourth-order valence-electron chi connectivity index (χ4n) is 7.14. The van der Waals surface area contributed by atoms with Crippen molar-refractivity contribution in [2.24, 2.45) is 0 Å². The molecule has 6 unspecified atom stereocenters. The summed E-state index contributed by atoms with van der Waals surface area (Å²) in [6, 6.07) is 0. The zero-order valence-electron chi connectivity index (χ0n) is 41.6. The molecule has 0 amide bonds. The quantitative estimate of drug-likeness (QED) is 0.0147. The van der Waals surface area contributed by atoms with Crippen LogP contribution in [0, 0.1) is 0 Å². The number of phosphoric ester groups is 1. The van der Waals surface area contributed by atoms with Crippen molar-refractivity contribution in [2.45, 2.75) is 211 Å².